The minimum Gasteiger partial charge on any atom is -0.489 e. The van der Waals surface area contributed by atoms with Crippen molar-refractivity contribution in [2.24, 2.45) is 0 Å². The van der Waals surface area contributed by atoms with Gasteiger partial charge in [-0.2, -0.15) is 0 Å². The average Bonchev–Trinajstić information content (AvgIpc) is 2.33. The van der Waals surface area contributed by atoms with Gasteiger partial charge in [-0.1, -0.05) is 0 Å². The molecule has 1 aliphatic rings. The zero-order chi connectivity index (χ0) is 12.3. The van der Waals surface area contributed by atoms with Gasteiger partial charge in [0.05, 0.1) is 22.6 Å². The molecule has 1 heterocycles. The molecule has 0 saturated carbocycles. The van der Waals surface area contributed by atoms with Crippen LogP contribution in [0, 0.1) is 10.1 Å². The van der Waals surface area contributed by atoms with Gasteiger partial charge >= 0.3 is 0 Å². The molecular formula is C11H12BrNO4. The number of halogens is 1. The van der Waals surface area contributed by atoms with Crippen molar-refractivity contribution in [1.82, 2.24) is 0 Å². The fourth-order valence-corrected chi connectivity index (χ4v) is 2.13. The summed E-state index contributed by atoms with van der Waals surface area (Å²) >= 11 is 3.28. The van der Waals surface area contributed by atoms with Gasteiger partial charge in [0.15, 0.2) is 0 Å². The van der Waals surface area contributed by atoms with Crippen molar-refractivity contribution in [2.75, 3.05) is 13.2 Å². The summed E-state index contributed by atoms with van der Waals surface area (Å²) in [5.74, 6) is 0.641. The van der Waals surface area contributed by atoms with Gasteiger partial charge in [0.1, 0.15) is 11.9 Å². The predicted molar refractivity (Wildman–Crippen MR) is 65.3 cm³/mol. The lowest BCUT2D eigenvalue weighted by atomic mass is 10.1. The number of hydrogen-bond donors (Lipinski definition) is 0. The Balaban J connectivity index is 2.08. The lowest BCUT2D eigenvalue weighted by Gasteiger charge is -2.23. The third-order valence-electron chi connectivity index (χ3n) is 2.59. The van der Waals surface area contributed by atoms with Crippen molar-refractivity contribution in [3.8, 4) is 5.75 Å². The summed E-state index contributed by atoms with van der Waals surface area (Å²) < 4.78 is 11.6. The molecule has 0 unspecified atom stereocenters. The van der Waals surface area contributed by atoms with Crippen molar-refractivity contribution >= 4 is 21.6 Å². The molecule has 0 atom stereocenters. The Morgan fingerprint density at radius 1 is 1.41 bits per heavy atom. The second-order valence-electron chi connectivity index (χ2n) is 3.80. The Bertz CT molecular complexity index is 418. The first-order chi connectivity index (χ1) is 8.16. The smallest absolute Gasteiger partial charge is 0.270 e. The molecule has 1 aromatic rings. The number of rotatable bonds is 3. The van der Waals surface area contributed by atoms with Crippen molar-refractivity contribution in [2.45, 2.75) is 18.9 Å². The van der Waals surface area contributed by atoms with Crippen LogP contribution in [0.25, 0.3) is 0 Å². The number of benzene rings is 1. The molecule has 0 bridgehead atoms. The monoisotopic (exact) mass is 301 g/mol. The van der Waals surface area contributed by atoms with Crippen molar-refractivity contribution in [1.29, 1.82) is 0 Å². The van der Waals surface area contributed by atoms with Gasteiger partial charge in [-0.15, -0.1) is 0 Å². The van der Waals surface area contributed by atoms with Crippen molar-refractivity contribution in [3.63, 3.8) is 0 Å². The molecular weight excluding hydrogens is 290 g/mol. The molecule has 0 amide bonds. The number of hydrogen-bond acceptors (Lipinski definition) is 4. The van der Waals surface area contributed by atoms with Crippen LogP contribution in [-0.4, -0.2) is 24.2 Å². The highest BCUT2D eigenvalue weighted by atomic mass is 79.9. The standard InChI is InChI=1S/C11H12BrNO4/c12-10-7-8(13(14)15)1-2-11(10)17-9-3-5-16-6-4-9/h1-2,7,9H,3-6H2. The molecule has 0 aromatic heterocycles. The van der Waals surface area contributed by atoms with E-state index in [4.69, 9.17) is 9.47 Å². The van der Waals surface area contributed by atoms with Crippen molar-refractivity contribution in [3.05, 3.63) is 32.8 Å². The van der Waals surface area contributed by atoms with E-state index in [1.54, 1.807) is 6.07 Å². The molecule has 0 aliphatic carbocycles. The maximum absolute atomic E-state index is 10.6. The maximum atomic E-state index is 10.6. The third-order valence-corrected chi connectivity index (χ3v) is 3.21. The molecule has 2 rings (SSSR count). The van der Waals surface area contributed by atoms with Gasteiger partial charge in [0.2, 0.25) is 0 Å². The second kappa shape index (κ2) is 5.46. The van der Waals surface area contributed by atoms with Crippen LogP contribution in [0.5, 0.6) is 5.75 Å². The van der Waals surface area contributed by atoms with Gasteiger partial charge in [-0.05, 0) is 22.0 Å². The highest BCUT2D eigenvalue weighted by Crippen LogP contribution is 2.30. The Morgan fingerprint density at radius 3 is 2.71 bits per heavy atom. The first kappa shape index (κ1) is 12.3. The average molecular weight is 302 g/mol. The highest BCUT2D eigenvalue weighted by molar-refractivity contribution is 9.10. The zero-order valence-electron chi connectivity index (χ0n) is 9.10. The molecule has 1 fully saturated rings. The van der Waals surface area contributed by atoms with Crippen LogP contribution in [0.15, 0.2) is 22.7 Å². The van der Waals surface area contributed by atoms with Crippen molar-refractivity contribution < 1.29 is 14.4 Å². The van der Waals surface area contributed by atoms with E-state index < -0.39 is 4.92 Å². The number of non-ortho nitro benzene ring substituents is 1. The van der Waals surface area contributed by atoms with Crippen LogP contribution in [0.2, 0.25) is 0 Å². The van der Waals surface area contributed by atoms with E-state index in [9.17, 15) is 10.1 Å². The van der Waals surface area contributed by atoms with E-state index >= 15 is 0 Å². The third kappa shape index (κ3) is 3.17. The van der Waals surface area contributed by atoms with Gasteiger partial charge in [-0.25, -0.2) is 0 Å². The summed E-state index contributed by atoms with van der Waals surface area (Å²) in [5, 5.41) is 10.6. The largest absolute Gasteiger partial charge is 0.489 e. The SMILES string of the molecule is O=[N+]([O-])c1ccc(OC2CCOCC2)c(Br)c1. The van der Waals surface area contributed by atoms with Crippen LogP contribution in [0.1, 0.15) is 12.8 Å². The van der Waals surface area contributed by atoms with Gasteiger partial charge in [0, 0.05) is 25.0 Å². The maximum Gasteiger partial charge on any atom is 0.270 e. The number of nitrogens with zero attached hydrogens (tertiary/aromatic N) is 1. The fourth-order valence-electron chi connectivity index (χ4n) is 1.67. The van der Waals surface area contributed by atoms with Gasteiger partial charge < -0.3 is 9.47 Å². The highest BCUT2D eigenvalue weighted by Gasteiger charge is 2.17. The number of ether oxygens (including phenoxy) is 2. The molecule has 0 spiro atoms. The zero-order valence-corrected chi connectivity index (χ0v) is 10.7. The summed E-state index contributed by atoms with van der Waals surface area (Å²) in [6.45, 7) is 1.41. The Kier molecular flexibility index (Phi) is 3.96. The summed E-state index contributed by atoms with van der Waals surface area (Å²) in [7, 11) is 0. The van der Waals surface area contributed by atoms with E-state index in [0.717, 1.165) is 12.8 Å². The topological polar surface area (TPSA) is 61.6 Å². The molecule has 1 aliphatic heterocycles. The first-order valence-corrected chi connectivity index (χ1v) is 6.14. The summed E-state index contributed by atoms with van der Waals surface area (Å²) in [4.78, 5) is 10.2. The van der Waals surface area contributed by atoms with Gasteiger partial charge in [-0.3, -0.25) is 10.1 Å². The van der Waals surface area contributed by atoms with Crippen LogP contribution in [0.3, 0.4) is 0 Å². The number of nitro groups is 1. The molecule has 5 nitrogen and oxygen atoms in total. The molecule has 1 saturated heterocycles. The predicted octanol–water partition coefficient (Wildman–Crippen LogP) is 2.92. The van der Waals surface area contributed by atoms with Crippen LogP contribution in [-0.2, 0) is 4.74 Å². The summed E-state index contributed by atoms with van der Waals surface area (Å²) in [6, 6.07) is 4.52. The quantitative estimate of drug-likeness (QED) is 0.636. The van der Waals surface area contributed by atoms with E-state index in [-0.39, 0.29) is 11.8 Å². The molecule has 1 aromatic carbocycles. The van der Waals surface area contributed by atoms with E-state index in [1.165, 1.54) is 12.1 Å². The van der Waals surface area contributed by atoms with Crippen LogP contribution < -0.4 is 4.74 Å². The molecule has 0 N–H and O–H groups in total. The van der Waals surface area contributed by atoms with E-state index in [0.29, 0.717) is 23.4 Å². The van der Waals surface area contributed by atoms with Crippen LogP contribution >= 0.6 is 15.9 Å². The summed E-state index contributed by atoms with van der Waals surface area (Å²) in [5.41, 5.74) is 0.0520. The number of nitro benzene ring substituents is 1. The van der Waals surface area contributed by atoms with Crippen LogP contribution in [0.4, 0.5) is 5.69 Å². The minimum absolute atomic E-state index is 0.0520. The Morgan fingerprint density at radius 2 is 2.12 bits per heavy atom. The minimum atomic E-state index is -0.428. The van der Waals surface area contributed by atoms with E-state index in [1.807, 2.05) is 0 Å². The Labute approximate surface area is 107 Å². The van der Waals surface area contributed by atoms with E-state index in [2.05, 4.69) is 15.9 Å². The fraction of sp³-hybridized carbons (Fsp3) is 0.455. The van der Waals surface area contributed by atoms with Gasteiger partial charge in [0.25, 0.3) is 5.69 Å². The lowest BCUT2D eigenvalue weighted by Crippen LogP contribution is -2.25. The first-order valence-electron chi connectivity index (χ1n) is 5.35. The molecule has 0 radical (unpaired) electrons. The Hall–Kier alpha value is -1.14. The molecule has 92 valence electrons. The molecule has 6 heteroatoms. The lowest BCUT2D eigenvalue weighted by molar-refractivity contribution is -0.385. The second-order valence-corrected chi connectivity index (χ2v) is 4.66. The summed E-state index contributed by atoms with van der Waals surface area (Å²) in [6.07, 6.45) is 1.83. The normalized spacial score (nSPS) is 16.8. The molecule has 17 heavy (non-hydrogen) atoms.